The summed E-state index contributed by atoms with van der Waals surface area (Å²) in [5, 5.41) is 9.95. The number of hydrogen-bond acceptors (Lipinski definition) is 4. The van der Waals surface area contributed by atoms with Gasteiger partial charge in [0.05, 0.1) is 5.60 Å². The van der Waals surface area contributed by atoms with Crippen molar-refractivity contribution in [2.75, 3.05) is 32.8 Å². The van der Waals surface area contributed by atoms with Gasteiger partial charge in [-0.1, -0.05) is 0 Å². The quantitative estimate of drug-likeness (QED) is 0.784. The molecule has 2 saturated heterocycles. The van der Waals surface area contributed by atoms with E-state index >= 15 is 0 Å². The molecule has 2 aliphatic heterocycles. The Morgan fingerprint density at radius 3 is 2.35 bits per heavy atom. The molecular weight excluding hydrogens is 252 g/mol. The zero-order valence-electron chi connectivity index (χ0n) is 13.5. The summed E-state index contributed by atoms with van der Waals surface area (Å²) in [4.78, 5) is 4.87. The van der Waals surface area contributed by atoms with Crippen LogP contribution in [0.4, 0.5) is 0 Å². The second-order valence-corrected chi connectivity index (χ2v) is 7.25. The summed E-state index contributed by atoms with van der Waals surface area (Å²) in [5.74, 6) is 0. The van der Waals surface area contributed by atoms with Gasteiger partial charge in [-0.05, 0) is 66.0 Å². The smallest absolute Gasteiger partial charge is 0.107 e. The van der Waals surface area contributed by atoms with Crippen LogP contribution in [-0.4, -0.2) is 65.6 Å². The van der Waals surface area contributed by atoms with E-state index < -0.39 is 0 Å². The number of ether oxygens (including phenoxy) is 1. The lowest BCUT2D eigenvalue weighted by Gasteiger charge is -2.38. The average Bonchev–Trinajstić information content (AvgIpc) is 2.81. The summed E-state index contributed by atoms with van der Waals surface area (Å²) in [5.41, 5.74) is -0.0150. The number of aliphatic hydroxyl groups excluding tert-OH is 1. The van der Waals surface area contributed by atoms with Crippen LogP contribution in [0.5, 0.6) is 0 Å². The highest BCUT2D eigenvalue weighted by molar-refractivity contribution is 4.84. The molecule has 20 heavy (non-hydrogen) atoms. The second-order valence-electron chi connectivity index (χ2n) is 7.25. The van der Waals surface area contributed by atoms with Crippen molar-refractivity contribution in [1.29, 1.82) is 0 Å². The van der Waals surface area contributed by atoms with Gasteiger partial charge in [0.2, 0.25) is 0 Å². The minimum absolute atomic E-state index is 0.0150. The highest BCUT2D eigenvalue weighted by Crippen LogP contribution is 2.24. The summed E-state index contributed by atoms with van der Waals surface area (Å²) < 4.78 is 5.77. The predicted octanol–water partition coefficient (Wildman–Crippen LogP) is 2.07. The van der Waals surface area contributed by atoms with Crippen LogP contribution in [0.2, 0.25) is 0 Å². The van der Waals surface area contributed by atoms with E-state index in [0.29, 0.717) is 6.04 Å². The molecule has 118 valence electrons. The van der Waals surface area contributed by atoms with Crippen LogP contribution < -0.4 is 0 Å². The van der Waals surface area contributed by atoms with Crippen LogP contribution in [0.25, 0.3) is 0 Å². The summed E-state index contributed by atoms with van der Waals surface area (Å²) in [6.07, 6.45) is 5.48. The number of rotatable bonds is 5. The first-order chi connectivity index (χ1) is 9.46. The van der Waals surface area contributed by atoms with Crippen molar-refractivity contribution in [2.24, 2.45) is 0 Å². The van der Waals surface area contributed by atoms with Gasteiger partial charge in [-0.25, -0.2) is 0 Å². The molecule has 2 heterocycles. The molecule has 0 aliphatic carbocycles. The third-order valence-corrected chi connectivity index (χ3v) is 4.44. The summed E-state index contributed by atoms with van der Waals surface area (Å²) in [6, 6.07) is 0.606. The fraction of sp³-hybridized carbons (Fsp3) is 1.00. The maximum absolute atomic E-state index is 9.95. The lowest BCUT2D eigenvalue weighted by molar-refractivity contribution is -0.0181. The molecule has 1 atom stereocenters. The van der Waals surface area contributed by atoms with Crippen LogP contribution in [0.3, 0.4) is 0 Å². The SMILES string of the molecule is CC(C)(C)OCCCN1CCC(N2CCC[C@H]2O)CC1. The van der Waals surface area contributed by atoms with Crippen LogP contribution in [0, 0.1) is 0 Å². The maximum atomic E-state index is 9.95. The van der Waals surface area contributed by atoms with Gasteiger partial charge < -0.3 is 14.7 Å². The second kappa shape index (κ2) is 7.21. The lowest BCUT2D eigenvalue weighted by Crippen LogP contribution is -2.47. The summed E-state index contributed by atoms with van der Waals surface area (Å²) >= 11 is 0. The van der Waals surface area contributed by atoms with Gasteiger partial charge in [-0.3, -0.25) is 4.90 Å². The molecule has 0 spiro atoms. The van der Waals surface area contributed by atoms with Gasteiger partial charge in [0.1, 0.15) is 6.23 Å². The van der Waals surface area contributed by atoms with Gasteiger partial charge in [-0.15, -0.1) is 0 Å². The molecule has 4 nitrogen and oxygen atoms in total. The Bertz CT molecular complexity index is 283. The lowest BCUT2D eigenvalue weighted by atomic mass is 10.0. The highest BCUT2D eigenvalue weighted by atomic mass is 16.5. The first kappa shape index (κ1) is 16.2. The first-order valence-corrected chi connectivity index (χ1v) is 8.26. The fourth-order valence-corrected chi connectivity index (χ4v) is 3.34. The molecular formula is C16H32N2O2. The fourth-order valence-electron chi connectivity index (χ4n) is 3.34. The first-order valence-electron chi connectivity index (χ1n) is 8.26. The maximum Gasteiger partial charge on any atom is 0.107 e. The zero-order chi connectivity index (χ0) is 14.6. The Morgan fingerprint density at radius 2 is 1.80 bits per heavy atom. The van der Waals surface area contributed by atoms with Crippen molar-refractivity contribution < 1.29 is 9.84 Å². The molecule has 0 unspecified atom stereocenters. The average molecular weight is 284 g/mol. The highest BCUT2D eigenvalue weighted by Gasteiger charge is 2.31. The van der Waals surface area contributed by atoms with E-state index in [9.17, 15) is 5.11 Å². The molecule has 2 rings (SSSR count). The summed E-state index contributed by atoms with van der Waals surface area (Å²) in [6.45, 7) is 11.8. The van der Waals surface area contributed by atoms with Crippen molar-refractivity contribution in [3.05, 3.63) is 0 Å². The third-order valence-electron chi connectivity index (χ3n) is 4.44. The summed E-state index contributed by atoms with van der Waals surface area (Å²) in [7, 11) is 0. The Morgan fingerprint density at radius 1 is 1.10 bits per heavy atom. The van der Waals surface area contributed by atoms with Gasteiger partial charge in [0.15, 0.2) is 0 Å². The molecule has 0 radical (unpaired) electrons. The molecule has 0 bridgehead atoms. The Balaban J connectivity index is 1.60. The van der Waals surface area contributed by atoms with Gasteiger partial charge in [-0.2, -0.15) is 0 Å². The third kappa shape index (κ3) is 4.99. The molecule has 2 aliphatic rings. The minimum atomic E-state index is -0.174. The Kier molecular flexibility index (Phi) is 5.84. The van der Waals surface area contributed by atoms with E-state index in [1.165, 1.54) is 25.9 Å². The van der Waals surface area contributed by atoms with E-state index in [4.69, 9.17) is 4.74 Å². The Hall–Kier alpha value is -0.160. The molecule has 0 aromatic rings. The molecule has 4 heteroatoms. The molecule has 0 aromatic carbocycles. The van der Waals surface area contributed by atoms with E-state index in [1.54, 1.807) is 0 Å². The number of hydrogen-bond donors (Lipinski definition) is 1. The molecule has 0 aromatic heterocycles. The topological polar surface area (TPSA) is 35.9 Å². The van der Waals surface area contributed by atoms with Crippen LogP contribution in [0.15, 0.2) is 0 Å². The largest absolute Gasteiger partial charge is 0.378 e. The van der Waals surface area contributed by atoms with Crippen molar-refractivity contribution >= 4 is 0 Å². The molecule has 1 N–H and O–H groups in total. The van der Waals surface area contributed by atoms with Crippen molar-refractivity contribution in [2.45, 2.75) is 70.7 Å². The van der Waals surface area contributed by atoms with Crippen molar-refractivity contribution in [1.82, 2.24) is 9.80 Å². The molecule has 2 fully saturated rings. The number of piperidine rings is 1. The molecule has 0 amide bonds. The number of nitrogens with zero attached hydrogens (tertiary/aromatic N) is 2. The van der Waals surface area contributed by atoms with Gasteiger partial charge in [0.25, 0.3) is 0 Å². The molecule has 0 saturated carbocycles. The van der Waals surface area contributed by atoms with Crippen molar-refractivity contribution in [3.8, 4) is 0 Å². The van der Waals surface area contributed by atoms with E-state index in [1.807, 2.05) is 0 Å². The van der Waals surface area contributed by atoms with Crippen LogP contribution in [-0.2, 0) is 4.74 Å². The van der Waals surface area contributed by atoms with Crippen LogP contribution in [0.1, 0.15) is 52.9 Å². The Labute approximate surface area is 124 Å². The zero-order valence-corrected chi connectivity index (χ0v) is 13.5. The normalized spacial score (nSPS) is 27.3. The number of likely N-dealkylation sites (tertiary alicyclic amines) is 2. The minimum Gasteiger partial charge on any atom is -0.378 e. The monoisotopic (exact) mass is 284 g/mol. The van der Waals surface area contributed by atoms with E-state index in [2.05, 4.69) is 30.6 Å². The van der Waals surface area contributed by atoms with Crippen LogP contribution >= 0.6 is 0 Å². The van der Waals surface area contributed by atoms with E-state index in [-0.39, 0.29) is 11.8 Å². The van der Waals surface area contributed by atoms with Crippen molar-refractivity contribution in [3.63, 3.8) is 0 Å². The van der Waals surface area contributed by atoms with E-state index in [0.717, 1.165) is 39.0 Å². The van der Waals surface area contributed by atoms with Gasteiger partial charge >= 0.3 is 0 Å². The standard InChI is InChI=1S/C16H32N2O2/c1-16(2,3)20-13-5-9-17-11-7-14(8-12-17)18-10-4-6-15(18)19/h14-15,19H,4-13H2,1-3H3/t15-/m1/s1. The van der Waals surface area contributed by atoms with Gasteiger partial charge in [0, 0.05) is 25.7 Å². The predicted molar refractivity (Wildman–Crippen MR) is 81.7 cm³/mol. The number of aliphatic hydroxyl groups is 1.